The second-order valence-electron chi connectivity index (χ2n) is 11.6. The number of phenols is 1. The van der Waals surface area contributed by atoms with Gasteiger partial charge in [0.05, 0.1) is 11.0 Å². The Balaban J connectivity index is 1.54. The average molecular weight is 438 g/mol. The van der Waals surface area contributed by atoms with Crippen molar-refractivity contribution in [2.24, 2.45) is 17.3 Å². The van der Waals surface area contributed by atoms with Crippen molar-refractivity contribution in [3.8, 4) is 11.5 Å². The summed E-state index contributed by atoms with van der Waals surface area (Å²) in [5.74, 6) is 1.23. The molecular weight excluding hydrogens is 402 g/mol. The van der Waals surface area contributed by atoms with Gasteiger partial charge in [-0.25, -0.2) is 0 Å². The van der Waals surface area contributed by atoms with Crippen LogP contribution in [0, 0.1) is 17.3 Å². The number of benzene rings is 1. The normalized spacial score (nSPS) is 47.8. The summed E-state index contributed by atoms with van der Waals surface area (Å²) in [5, 5.41) is 22.9. The molecule has 8 rings (SSSR count). The van der Waals surface area contributed by atoms with Crippen LogP contribution in [0.5, 0.6) is 11.5 Å². The molecule has 1 aromatic carbocycles. The minimum absolute atomic E-state index is 0.0320. The average Bonchev–Trinajstić information content (AvgIpc) is 3.16. The van der Waals surface area contributed by atoms with Crippen LogP contribution in [0.25, 0.3) is 0 Å². The van der Waals surface area contributed by atoms with Crippen LogP contribution < -0.4 is 4.74 Å². The van der Waals surface area contributed by atoms with Gasteiger partial charge in [-0.15, -0.1) is 0 Å². The number of hydrogen-bond donors (Lipinski definition) is 2. The van der Waals surface area contributed by atoms with Gasteiger partial charge < -0.3 is 19.7 Å². The van der Waals surface area contributed by atoms with Gasteiger partial charge in [-0.1, -0.05) is 38.0 Å². The van der Waals surface area contributed by atoms with Crippen LogP contribution in [0.3, 0.4) is 0 Å². The summed E-state index contributed by atoms with van der Waals surface area (Å²) in [7, 11) is 1.80. The number of piperidine rings is 2. The number of rotatable bonds is 5. The number of methoxy groups -OCH3 is 1. The van der Waals surface area contributed by atoms with Crippen LogP contribution in [0.2, 0.25) is 0 Å². The highest BCUT2D eigenvalue weighted by Crippen LogP contribution is 2.78. The van der Waals surface area contributed by atoms with Crippen LogP contribution >= 0.6 is 0 Å². The predicted molar refractivity (Wildman–Crippen MR) is 121 cm³/mol. The van der Waals surface area contributed by atoms with Gasteiger partial charge in [-0.2, -0.15) is 0 Å². The Labute approximate surface area is 190 Å². The lowest BCUT2D eigenvalue weighted by atomic mass is 9.31. The number of unbranched alkanes of at least 4 members (excludes halogenated alkanes) is 1. The van der Waals surface area contributed by atoms with E-state index in [9.17, 15) is 10.2 Å². The van der Waals surface area contributed by atoms with Gasteiger partial charge in [-0.05, 0) is 63.2 Å². The topological polar surface area (TPSA) is 62.2 Å². The van der Waals surface area contributed by atoms with Crippen molar-refractivity contribution < 1.29 is 19.7 Å². The smallest absolute Gasteiger partial charge is 0.165 e. The fraction of sp³-hybridized carbons (Fsp3) is 0.704. The molecule has 1 aromatic rings. The molecule has 9 atom stereocenters. The zero-order valence-corrected chi connectivity index (χ0v) is 19.4. The summed E-state index contributed by atoms with van der Waals surface area (Å²) in [4.78, 5) is 2.71. The molecule has 0 aromatic heterocycles. The molecule has 5 bridgehead atoms. The minimum Gasteiger partial charge on any atom is -0.504 e. The molecule has 5 heteroatoms. The number of hydrogen-bond acceptors (Lipinski definition) is 5. The van der Waals surface area contributed by atoms with E-state index in [2.05, 4.69) is 30.0 Å². The zero-order valence-electron chi connectivity index (χ0n) is 19.4. The fourth-order valence-electron chi connectivity index (χ4n) is 9.78. The maximum Gasteiger partial charge on any atom is 0.165 e. The quantitative estimate of drug-likeness (QED) is 0.690. The van der Waals surface area contributed by atoms with Crippen molar-refractivity contribution in [1.29, 1.82) is 0 Å². The molecule has 0 amide bonds. The molecule has 32 heavy (non-hydrogen) atoms. The molecule has 1 unspecified atom stereocenters. The van der Waals surface area contributed by atoms with Gasteiger partial charge in [0.25, 0.3) is 0 Å². The molecule has 2 N–H and O–H groups in total. The lowest BCUT2D eigenvalue weighted by molar-refractivity contribution is -0.290. The van der Waals surface area contributed by atoms with E-state index < -0.39 is 11.2 Å². The molecule has 7 aliphatic rings. The monoisotopic (exact) mass is 437 g/mol. The number of nitrogens with zero attached hydrogens (tertiary/aromatic N) is 1. The molecule has 1 saturated carbocycles. The van der Waals surface area contributed by atoms with E-state index in [1.807, 2.05) is 13.0 Å². The van der Waals surface area contributed by atoms with Gasteiger partial charge in [0.1, 0.15) is 11.7 Å². The van der Waals surface area contributed by atoms with Gasteiger partial charge in [0.15, 0.2) is 11.5 Å². The molecule has 172 valence electrons. The SMILES string of the molecule is CCCC[C@@](C)(O)[C@H]1[C@@H]2CCN3CC[C@]45c6c7ccc(O)c6O[C@H]4[C@@]1(OC)C=C[C@]25[C@H]3C7. The first-order chi connectivity index (χ1) is 15.4. The lowest BCUT2D eigenvalue weighted by Gasteiger charge is -2.77. The zero-order chi connectivity index (χ0) is 22.1. The molecule has 5 nitrogen and oxygen atoms in total. The summed E-state index contributed by atoms with van der Waals surface area (Å²) in [5.41, 5.74) is 0.774. The van der Waals surface area contributed by atoms with Crippen molar-refractivity contribution in [2.75, 3.05) is 20.2 Å². The van der Waals surface area contributed by atoms with E-state index in [1.165, 1.54) is 11.1 Å². The Bertz CT molecular complexity index is 1030. The Kier molecular flexibility index (Phi) is 3.67. The molecule has 2 spiro atoms. The molecule has 3 fully saturated rings. The van der Waals surface area contributed by atoms with Crippen molar-refractivity contribution in [3.05, 3.63) is 35.4 Å². The van der Waals surface area contributed by atoms with Crippen molar-refractivity contribution in [2.45, 2.75) is 81.1 Å². The Morgan fingerprint density at radius 3 is 2.91 bits per heavy atom. The van der Waals surface area contributed by atoms with Gasteiger partial charge in [0.2, 0.25) is 0 Å². The third-order valence-electron chi connectivity index (χ3n) is 10.6. The third-order valence-corrected chi connectivity index (χ3v) is 10.6. The van der Waals surface area contributed by atoms with Crippen LogP contribution in [-0.4, -0.2) is 58.7 Å². The summed E-state index contributed by atoms with van der Waals surface area (Å²) >= 11 is 0. The molecule has 3 aliphatic heterocycles. The second kappa shape index (κ2) is 5.92. The van der Waals surface area contributed by atoms with Gasteiger partial charge >= 0.3 is 0 Å². The van der Waals surface area contributed by atoms with Gasteiger partial charge in [0, 0.05) is 30.0 Å². The number of aliphatic hydroxyl groups is 1. The Hall–Kier alpha value is -1.56. The highest BCUT2D eigenvalue weighted by atomic mass is 16.6. The summed E-state index contributed by atoms with van der Waals surface area (Å²) in [6, 6.07) is 4.36. The number of aromatic hydroxyl groups is 1. The first-order valence-electron chi connectivity index (χ1n) is 12.6. The Morgan fingerprint density at radius 2 is 2.12 bits per heavy atom. The number of ether oxygens (including phenoxy) is 2. The first-order valence-corrected chi connectivity index (χ1v) is 12.6. The standard InChI is InChI=1S/C27H35NO4/c1-4-5-9-24(2,30)22-17-8-13-28-14-12-26-20-16-6-7-18(29)21(20)32-23(26)27(22,31-3)11-10-25(17,26)19(28)15-16/h6-7,10-11,17,19,22-23,29-30H,4-5,8-9,12-15H2,1-3H3/t17-,19+,22+,23+,24+,25+,26-,27+/m0/s1. The molecule has 4 aliphatic carbocycles. The van der Waals surface area contributed by atoms with Crippen molar-refractivity contribution in [3.63, 3.8) is 0 Å². The van der Waals surface area contributed by atoms with Crippen molar-refractivity contribution in [1.82, 2.24) is 4.90 Å². The van der Waals surface area contributed by atoms with Crippen LogP contribution in [0.1, 0.15) is 57.1 Å². The third kappa shape index (κ3) is 1.82. The first kappa shape index (κ1) is 19.9. The molecule has 3 heterocycles. The minimum atomic E-state index is -0.840. The highest BCUT2D eigenvalue weighted by molar-refractivity contribution is 5.65. The summed E-state index contributed by atoms with van der Waals surface area (Å²) < 4.78 is 13.3. The van der Waals surface area contributed by atoms with E-state index >= 15 is 0 Å². The van der Waals surface area contributed by atoms with E-state index in [-0.39, 0.29) is 28.6 Å². The highest BCUT2D eigenvalue weighted by Gasteiger charge is 2.84. The summed E-state index contributed by atoms with van der Waals surface area (Å²) in [6.45, 7) is 6.39. The van der Waals surface area contributed by atoms with E-state index in [1.54, 1.807) is 7.11 Å². The van der Waals surface area contributed by atoms with E-state index in [0.29, 0.717) is 17.7 Å². The molecule has 0 radical (unpaired) electrons. The number of phenolic OH excluding ortho intramolecular Hbond substituents is 1. The lowest BCUT2D eigenvalue weighted by Crippen LogP contribution is -2.85. The molecule has 2 saturated heterocycles. The second-order valence-corrected chi connectivity index (χ2v) is 11.6. The van der Waals surface area contributed by atoms with E-state index in [4.69, 9.17) is 9.47 Å². The predicted octanol–water partition coefficient (Wildman–Crippen LogP) is 3.55. The maximum absolute atomic E-state index is 12.1. The van der Waals surface area contributed by atoms with E-state index in [0.717, 1.165) is 51.6 Å². The summed E-state index contributed by atoms with van der Waals surface area (Å²) in [6.07, 6.45) is 10.5. The van der Waals surface area contributed by atoms with Crippen LogP contribution in [-0.2, 0) is 16.6 Å². The fourth-order valence-corrected chi connectivity index (χ4v) is 9.78. The molecular formula is C27H35NO4. The van der Waals surface area contributed by atoms with Crippen molar-refractivity contribution >= 4 is 0 Å². The largest absolute Gasteiger partial charge is 0.504 e. The Morgan fingerprint density at radius 1 is 1.28 bits per heavy atom. The van der Waals surface area contributed by atoms with Crippen LogP contribution in [0.4, 0.5) is 0 Å². The van der Waals surface area contributed by atoms with Crippen LogP contribution in [0.15, 0.2) is 24.3 Å². The maximum atomic E-state index is 12.1. The van der Waals surface area contributed by atoms with Gasteiger partial charge in [-0.3, -0.25) is 4.90 Å².